The standard InChI is InChI=1S/C29H35FN4O5S/c1-20-16-34(21(2)19-35)29(36)15-23-14-25(32-40(37,38)26-7-4-24(30)5-8-26)6-9-27(23)39-28(20)18-33(3)17-22-10-12-31-13-11-22/h4-14,20-21,28,32,35H,15-19H2,1-3H3/t20-,21+,28-/m1/s1. The quantitative estimate of drug-likeness (QED) is 0.406. The summed E-state index contributed by atoms with van der Waals surface area (Å²) in [5.74, 6) is -0.308. The molecule has 3 atom stereocenters. The van der Waals surface area contributed by atoms with Crippen molar-refractivity contribution < 1.29 is 27.4 Å². The van der Waals surface area contributed by atoms with E-state index < -0.39 is 21.9 Å². The number of hydrogen-bond acceptors (Lipinski definition) is 7. The van der Waals surface area contributed by atoms with Crippen molar-refractivity contribution in [2.24, 2.45) is 5.92 Å². The van der Waals surface area contributed by atoms with Crippen LogP contribution in [0, 0.1) is 11.7 Å². The zero-order valence-electron chi connectivity index (χ0n) is 22.8. The van der Waals surface area contributed by atoms with Gasteiger partial charge in [-0.1, -0.05) is 6.92 Å². The Balaban J connectivity index is 1.63. The Bertz CT molecular complexity index is 1410. The number of halogens is 1. The van der Waals surface area contributed by atoms with Gasteiger partial charge in [0.1, 0.15) is 17.7 Å². The zero-order valence-corrected chi connectivity index (χ0v) is 23.6. The summed E-state index contributed by atoms with van der Waals surface area (Å²) < 4.78 is 48.1. The first kappa shape index (κ1) is 29.4. The van der Waals surface area contributed by atoms with Crippen LogP contribution in [0.2, 0.25) is 0 Å². The number of benzene rings is 2. The molecule has 0 unspecified atom stereocenters. The molecule has 0 bridgehead atoms. The van der Waals surface area contributed by atoms with Crippen LogP contribution in [0.5, 0.6) is 5.75 Å². The predicted octanol–water partition coefficient (Wildman–Crippen LogP) is 3.30. The first-order valence-corrected chi connectivity index (χ1v) is 14.6. The maximum atomic E-state index is 13.4. The lowest BCUT2D eigenvalue weighted by molar-refractivity contribution is -0.134. The van der Waals surface area contributed by atoms with Crippen molar-refractivity contribution in [3.8, 4) is 5.75 Å². The van der Waals surface area contributed by atoms with Crippen molar-refractivity contribution in [3.63, 3.8) is 0 Å². The van der Waals surface area contributed by atoms with Crippen LogP contribution in [0.25, 0.3) is 0 Å². The summed E-state index contributed by atoms with van der Waals surface area (Å²) >= 11 is 0. The second-order valence-electron chi connectivity index (χ2n) is 10.3. The van der Waals surface area contributed by atoms with Gasteiger partial charge in [0.25, 0.3) is 10.0 Å². The lowest BCUT2D eigenvalue weighted by atomic mass is 10.0. The Morgan fingerprint density at radius 1 is 1.18 bits per heavy atom. The fourth-order valence-corrected chi connectivity index (χ4v) is 5.76. The maximum absolute atomic E-state index is 13.4. The fourth-order valence-electron chi connectivity index (χ4n) is 4.71. The van der Waals surface area contributed by atoms with Crippen LogP contribution in [-0.4, -0.2) is 73.1 Å². The third-order valence-electron chi connectivity index (χ3n) is 6.99. The van der Waals surface area contributed by atoms with Crippen molar-refractivity contribution in [3.05, 3.63) is 83.9 Å². The molecule has 1 amide bonds. The third-order valence-corrected chi connectivity index (χ3v) is 8.38. The van der Waals surface area contributed by atoms with Crippen molar-refractivity contribution in [1.82, 2.24) is 14.8 Å². The largest absolute Gasteiger partial charge is 0.488 e. The average molecular weight is 571 g/mol. The highest BCUT2D eigenvalue weighted by atomic mass is 32.2. The first-order valence-electron chi connectivity index (χ1n) is 13.1. The summed E-state index contributed by atoms with van der Waals surface area (Å²) in [6, 6.07) is 12.9. The molecule has 1 aliphatic heterocycles. The Morgan fingerprint density at radius 3 is 2.55 bits per heavy atom. The molecule has 40 heavy (non-hydrogen) atoms. The summed E-state index contributed by atoms with van der Waals surface area (Å²) in [6.07, 6.45) is 3.17. The van der Waals surface area contributed by atoms with Crippen LogP contribution in [0.1, 0.15) is 25.0 Å². The number of rotatable bonds is 9. The number of amides is 1. The number of hydrogen-bond donors (Lipinski definition) is 2. The number of aromatic nitrogens is 1. The van der Waals surface area contributed by atoms with Gasteiger partial charge in [-0.25, -0.2) is 12.8 Å². The number of anilines is 1. The number of nitrogens with zero attached hydrogens (tertiary/aromatic N) is 3. The van der Waals surface area contributed by atoms with Crippen LogP contribution < -0.4 is 9.46 Å². The molecule has 0 saturated heterocycles. The highest BCUT2D eigenvalue weighted by Gasteiger charge is 2.31. The molecule has 0 fully saturated rings. The van der Waals surface area contributed by atoms with Crippen molar-refractivity contribution >= 4 is 21.6 Å². The lowest BCUT2D eigenvalue weighted by Crippen LogP contribution is -2.47. The van der Waals surface area contributed by atoms with Crippen LogP contribution in [0.4, 0.5) is 10.1 Å². The van der Waals surface area contributed by atoms with E-state index in [9.17, 15) is 22.7 Å². The lowest BCUT2D eigenvalue weighted by Gasteiger charge is -2.34. The number of aliphatic hydroxyl groups is 1. The van der Waals surface area contributed by atoms with E-state index in [1.54, 1.807) is 42.4 Å². The summed E-state index contributed by atoms with van der Waals surface area (Å²) in [4.78, 5) is 21.2. The van der Waals surface area contributed by atoms with Crippen LogP contribution in [-0.2, 0) is 27.8 Å². The summed E-state index contributed by atoms with van der Waals surface area (Å²) in [7, 11) is -1.99. The molecule has 3 aromatic rings. The number of likely N-dealkylation sites (N-methyl/N-ethyl adjacent to an activating group) is 1. The molecule has 0 saturated carbocycles. The van der Waals surface area contributed by atoms with Crippen molar-refractivity contribution in [1.29, 1.82) is 0 Å². The van der Waals surface area contributed by atoms with Crippen molar-refractivity contribution in [2.75, 3.05) is 31.5 Å². The number of aliphatic hydroxyl groups excluding tert-OH is 1. The minimum absolute atomic E-state index is 0.0297. The third kappa shape index (κ3) is 7.35. The fraction of sp³-hybridized carbons (Fsp3) is 0.379. The molecule has 0 radical (unpaired) electrons. The molecule has 4 rings (SSSR count). The number of sulfonamides is 1. The van der Waals surface area contributed by atoms with Crippen molar-refractivity contribution in [2.45, 2.75) is 43.9 Å². The minimum atomic E-state index is -3.98. The van der Waals surface area contributed by atoms with Crippen LogP contribution in [0.3, 0.4) is 0 Å². The van der Waals surface area contributed by atoms with Gasteiger partial charge in [0, 0.05) is 49.2 Å². The number of carbonyl (C=O) groups excluding carboxylic acids is 1. The number of pyridine rings is 1. The molecule has 1 aliphatic rings. The molecule has 2 heterocycles. The smallest absolute Gasteiger partial charge is 0.261 e. The molecular formula is C29H35FN4O5S. The molecule has 1 aromatic heterocycles. The second kappa shape index (κ2) is 12.8. The zero-order chi connectivity index (χ0) is 28.9. The van der Waals surface area contributed by atoms with Gasteiger partial charge in [-0.15, -0.1) is 0 Å². The summed E-state index contributed by atoms with van der Waals surface area (Å²) in [6.45, 7) is 5.27. The molecule has 9 nitrogen and oxygen atoms in total. The highest BCUT2D eigenvalue weighted by Crippen LogP contribution is 2.30. The number of fused-ring (bicyclic) bond motifs is 1. The summed E-state index contributed by atoms with van der Waals surface area (Å²) in [5, 5.41) is 9.85. The number of carbonyl (C=O) groups is 1. The highest BCUT2D eigenvalue weighted by molar-refractivity contribution is 7.92. The monoisotopic (exact) mass is 570 g/mol. The molecule has 0 aliphatic carbocycles. The van der Waals surface area contributed by atoms with E-state index in [1.165, 1.54) is 12.1 Å². The molecular weight excluding hydrogens is 535 g/mol. The SMILES string of the molecule is C[C@@H]1CN([C@@H](C)CO)C(=O)Cc2cc(NS(=O)(=O)c3ccc(F)cc3)ccc2O[C@@H]1CN(C)Cc1ccncc1. The predicted molar refractivity (Wildman–Crippen MR) is 150 cm³/mol. The number of ether oxygens (including phenoxy) is 1. The second-order valence-corrected chi connectivity index (χ2v) is 12.0. The molecule has 2 aromatic carbocycles. The van der Waals surface area contributed by atoms with Gasteiger partial charge in [-0.05, 0) is 74.1 Å². The Morgan fingerprint density at radius 2 is 1.88 bits per heavy atom. The van der Waals surface area contributed by atoms with E-state index in [2.05, 4.69) is 14.6 Å². The maximum Gasteiger partial charge on any atom is 0.261 e. The van der Waals surface area contributed by atoms with E-state index in [0.717, 1.165) is 17.7 Å². The topological polar surface area (TPSA) is 112 Å². The molecule has 214 valence electrons. The minimum Gasteiger partial charge on any atom is -0.488 e. The van der Waals surface area contributed by atoms with Gasteiger partial charge in [-0.3, -0.25) is 19.4 Å². The van der Waals surface area contributed by atoms with Gasteiger partial charge in [0.15, 0.2) is 0 Å². The molecule has 2 N–H and O–H groups in total. The summed E-state index contributed by atoms with van der Waals surface area (Å²) in [5.41, 5.74) is 1.88. The van der Waals surface area contributed by atoms with E-state index >= 15 is 0 Å². The Kier molecular flexibility index (Phi) is 9.39. The van der Waals surface area contributed by atoms with Crippen LogP contribution in [0.15, 0.2) is 71.9 Å². The average Bonchev–Trinajstić information content (AvgIpc) is 2.96. The number of nitrogens with one attached hydrogen (secondary N) is 1. The van der Waals surface area contributed by atoms with Gasteiger partial charge in [-0.2, -0.15) is 0 Å². The van der Waals surface area contributed by atoms with Crippen LogP contribution >= 0.6 is 0 Å². The normalized spacial score (nSPS) is 18.8. The van der Waals surface area contributed by atoms with E-state index in [4.69, 9.17) is 4.74 Å². The van der Waals surface area contributed by atoms with E-state index in [1.807, 2.05) is 26.1 Å². The first-order chi connectivity index (χ1) is 19.1. The van der Waals surface area contributed by atoms with E-state index in [0.29, 0.717) is 30.9 Å². The van der Waals surface area contributed by atoms with E-state index in [-0.39, 0.29) is 41.5 Å². The Hall–Kier alpha value is -3.54. The van der Waals surface area contributed by atoms with Gasteiger partial charge >= 0.3 is 0 Å². The Labute approximate surface area is 234 Å². The van der Waals surface area contributed by atoms with Gasteiger partial charge < -0.3 is 14.7 Å². The van der Waals surface area contributed by atoms with Gasteiger partial charge in [0.2, 0.25) is 5.91 Å². The molecule has 0 spiro atoms. The van der Waals surface area contributed by atoms with Gasteiger partial charge in [0.05, 0.1) is 24.0 Å². The molecule has 11 heteroatoms.